The van der Waals surface area contributed by atoms with Gasteiger partial charge in [-0.1, -0.05) is 29.9 Å². The Morgan fingerprint density at radius 3 is 3.05 bits per heavy atom. The molecule has 6 heteroatoms. The molecule has 1 aromatic carbocycles. The Hall–Kier alpha value is -1.66. The van der Waals surface area contributed by atoms with Crippen LogP contribution < -0.4 is 10.6 Å². The van der Waals surface area contributed by atoms with Crippen LogP contribution in [0.15, 0.2) is 24.3 Å². The number of thiazole rings is 1. The summed E-state index contributed by atoms with van der Waals surface area (Å²) in [4.78, 5) is 19.2. The van der Waals surface area contributed by atoms with Gasteiger partial charge in [-0.15, -0.1) is 0 Å². The summed E-state index contributed by atoms with van der Waals surface area (Å²) >= 11 is 1.51. The summed E-state index contributed by atoms with van der Waals surface area (Å²) in [5.74, 6) is 0. The summed E-state index contributed by atoms with van der Waals surface area (Å²) in [5.41, 5.74) is 0.933. The fourth-order valence-electron chi connectivity index (χ4n) is 3.64. The molecule has 2 aliphatic heterocycles. The molecule has 2 atom stereocenters. The molecule has 0 unspecified atom stereocenters. The predicted octanol–water partition coefficient (Wildman–Crippen LogP) is 3.04. The SMILES string of the molecule is O=C(Nc1nc2ccccc2s1)N[C@H]1CCN2CCCC[C@H]12. The van der Waals surface area contributed by atoms with Crippen LogP contribution in [0.2, 0.25) is 0 Å². The first-order chi connectivity index (χ1) is 10.8. The van der Waals surface area contributed by atoms with Crippen molar-refractivity contribution in [1.82, 2.24) is 15.2 Å². The van der Waals surface area contributed by atoms with Crippen LogP contribution in [0.5, 0.6) is 0 Å². The van der Waals surface area contributed by atoms with Crippen LogP contribution in [0.3, 0.4) is 0 Å². The number of carbonyl (C=O) groups is 1. The molecule has 2 amide bonds. The number of benzene rings is 1. The van der Waals surface area contributed by atoms with E-state index in [1.807, 2.05) is 24.3 Å². The van der Waals surface area contributed by atoms with Gasteiger partial charge in [-0.2, -0.15) is 0 Å². The number of amides is 2. The van der Waals surface area contributed by atoms with E-state index in [-0.39, 0.29) is 12.1 Å². The molecule has 2 aromatic rings. The average Bonchev–Trinajstić information content (AvgIpc) is 3.11. The Balaban J connectivity index is 1.40. The van der Waals surface area contributed by atoms with Gasteiger partial charge < -0.3 is 5.32 Å². The Morgan fingerprint density at radius 2 is 2.14 bits per heavy atom. The van der Waals surface area contributed by atoms with E-state index < -0.39 is 0 Å². The smallest absolute Gasteiger partial charge is 0.321 e. The minimum absolute atomic E-state index is 0.128. The fourth-order valence-corrected chi connectivity index (χ4v) is 4.50. The first-order valence-corrected chi connectivity index (χ1v) is 8.78. The molecule has 3 heterocycles. The Bertz CT molecular complexity index is 653. The van der Waals surface area contributed by atoms with Gasteiger partial charge in [0.1, 0.15) is 0 Å². The Kier molecular flexibility index (Phi) is 3.72. The molecule has 22 heavy (non-hydrogen) atoms. The van der Waals surface area contributed by atoms with Crippen LogP contribution in [0.4, 0.5) is 9.93 Å². The molecule has 2 fully saturated rings. The molecule has 0 saturated carbocycles. The van der Waals surface area contributed by atoms with Crippen molar-refractivity contribution < 1.29 is 4.79 Å². The van der Waals surface area contributed by atoms with Crippen molar-refractivity contribution in [3.8, 4) is 0 Å². The van der Waals surface area contributed by atoms with Gasteiger partial charge in [-0.25, -0.2) is 9.78 Å². The number of anilines is 1. The summed E-state index contributed by atoms with van der Waals surface area (Å²) in [6.07, 6.45) is 4.82. The van der Waals surface area contributed by atoms with Gasteiger partial charge in [0, 0.05) is 18.6 Å². The van der Waals surface area contributed by atoms with E-state index in [1.54, 1.807) is 0 Å². The van der Waals surface area contributed by atoms with Crippen molar-refractivity contribution in [1.29, 1.82) is 0 Å². The molecule has 0 spiro atoms. The predicted molar refractivity (Wildman–Crippen MR) is 89.4 cm³/mol. The molecule has 5 nitrogen and oxygen atoms in total. The lowest BCUT2D eigenvalue weighted by atomic mass is 9.99. The molecule has 0 radical (unpaired) electrons. The van der Waals surface area contributed by atoms with Crippen molar-refractivity contribution in [2.24, 2.45) is 0 Å². The average molecular weight is 316 g/mol. The van der Waals surface area contributed by atoms with Crippen LogP contribution in [0, 0.1) is 0 Å². The van der Waals surface area contributed by atoms with E-state index >= 15 is 0 Å². The normalized spacial score (nSPS) is 25.1. The number of nitrogens with zero attached hydrogens (tertiary/aromatic N) is 2. The van der Waals surface area contributed by atoms with E-state index in [1.165, 1.54) is 37.1 Å². The Morgan fingerprint density at radius 1 is 1.23 bits per heavy atom. The second-order valence-electron chi connectivity index (χ2n) is 6.08. The van der Waals surface area contributed by atoms with Gasteiger partial charge >= 0.3 is 6.03 Å². The Labute approximate surface area is 133 Å². The van der Waals surface area contributed by atoms with Gasteiger partial charge in [-0.05, 0) is 37.9 Å². The molecule has 2 aliphatic rings. The lowest BCUT2D eigenvalue weighted by Gasteiger charge is -2.32. The third kappa shape index (κ3) is 2.68. The number of carbonyl (C=O) groups excluding carboxylic acids is 1. The number of nitrogens with one attached hydrogen (secondary N) is 2. The summed E-state index contributed by atoms with van der Waals surface area (Å²) in [5, 5.41) is 6.70. The molecule has 2 N–H and O–H groups in total. The van der Waals surface area contributed by atoms with Gasteiger partial charge in [0.25, 0.3) is 0 Å². The van der Waals surface area contributed by atoms with Crippen molar-refractivity contribution in [2.75, 3.05) is 18.4 Å². The van der Waals surface area contributed by atoms with Crippen LogP contribution in [-0.4, -0.2) is 41.1 Å². The number of para-hydroxylation sites is 1. The summed E-state index contributed by atoms with van der Waals surface area (Å²) in [7, 11) is 0. The monoisotopic (exact) mass is 316 g/mol. The first-order valence-electron chi connectivity index (χ1n) is 7.97. The largest absolute Gasteiger partial charge is 0.333 e. The minimum atomic E-state index is -0.128. The number of fused-ring (bicyclic) bond motifs is 2. The highest BCUT2D eigenvalue weighted by Crippen LogP contribution is 2.28. The molecule has 0 aliphatic carbocycles. The molecule has 2 saturated heterocycles. The van der Waals surface area contributed by atoms with Crippen molar-refractivity contribution in [3.05, 3.63) is 24.3 Å². The third-order valence-corrected chi connectivity index (χ3v) is 5.64. The summed E-state index contributed by atoms with van der Waals surface area (Å²) in [6.45, 7) is 2.29. The number of hydrogen-bond acceptors (Lipinski definition) is 4. The lowest BCUT2D eigenvalue weighted by Crippen LogP contribution is -2.47. The maximum absolute atomic E-state index is 12.2. The van der Waals surface area contributed by atoms with E-state index in [4.69, 9.17) is 0 Å². The number of hydrogen-bond donors (Lipinski definition) is 2. The lowest BCUT2D eigenvalue weighted by molar-refractivity contribution is 0.180. The van der Waals surface area contributed by atoms with Crippen molar-refractivity contribution in [3.63, 3.8) is 0 Å². The van der Waals surface area contributed by atoms with Crippen molar-refractivity contribution >= 4 is 32.7 Å². The molecule has 116 valence electrons. The molecular weight excluding hydrogens is 296 g/mol. The molecular formula is C16H20N4OS. The van der Waals surface area contributed by atoms with Crippen LogP contribution in [0.1, 0.15) is 25.7 Å². The first kappa shape index (κ1) is 14.0. The van der Waals surface area contributed by atoms with Crippen LogP contribution in [0.25, 0.3) is 10.2 Å². The number of aromatic nitrogens is 1. The standard InChI is InChI=1S/C16H20N4OS/c21-15(17-11-8-10-20-9-4-3-6-13(11)20)19-16-18-12-5-1-2-7-14(12)22-16/h1-2,5,7,11,13H,3-4,6,8-10H2,(H2,17,18,19,21)/t11-,13+/m0/s1. The molecule has 1 aromatic heterocycles. The molecule has 0 bridgehead atoms. The zero-order valence-electron chi connectivity index (χ0n) is 12.4. The number of rotatable bonds is 2. The van der Waals surface area contributed by atoms with Gasteiger partial charge in [0.2, 0.25) is 0 Å². The maximum Gasteiger partial charge on any atom is 0.321 e. The van der Waals surface area contributed by atoms with E-state index in [9.17, 15) is 4.79 Å². The zero-order chi connectivity index (χ0) is 14.9. The van der Waals surface area contributed by atoms with Crippen molar-refractivity contribution in [2.45, 2.75) is 37.8 Å². The van der Waals surface area contributed by atoms with E-state index in [0.717, 1.165) is 23.2 Å². The highest BCUT2D eigenvalue weighted by atomic mass is 32.1. The highest BCUT2D eigenvalue weighted by Gasteiger charge is 2.36. The highest BCUT2D eigenvalue weighted by molar-refractivity contribution is 7.22. The number of piperidine rings is 1. The van der Waals surface area contributed by atoms with Gasteiger partial charge in [0.05, 0.1) is 10.2 Å². The van der Waals surface area contributed by atoms with Gasteiger partial charge in [0.15, 0.2) is 5.13 Å². The summed E-state index contributed by atoms with van der Waals surface area (Å²) < 4.78 is 1.09. The van der Waals surface area contributed by atoms with Gasteiger partial charge in [-0.3, -0.25) is 10.2 Å². The minimum Gasteiger partial charge on any atom is -0.333 e. The zero-order valence-corrected chi connectivity index (χ0v) is 13.2. The quantitative estimate of drug-likeness (QED) is 0.895. The topological polar surface area (TPSA) is 57.3 Å². The van der Waals surface area contributed by atoms with E-state index in [0.29, 0.717) is 11.2 Å². The maximum atomic E-state index is 12.2. The molecule has 4 rings (SSSR count). The third-order valence-electron chi connectivity index (χ3n) is 4.69. The second kappa shape index (κ2) is 5.85. The van der Waals surface area contributed by atoms with Crippen LogP contribution in [-0.2, 0) is 0 Å². The van der Waals surface area contributed by atoms with E-state index in [2.05, 4.69) is 20.5 Å². The second-order valence-corrected chi connectivity index (χ2v) is 7.11. The summed E-state index contributed by atoms with van der Waals surface area (Å²) in [6, 6.07) is 8.60. The number of urea groups is 1. The fraction of sp³-hybridized carbons (Fsp3) is 0.500. The van der Waals surface area contributed by atoms with Crippen LogP contribution >= 0.6 is 11.3 Å².